The van der Waals surface area contributed by atoms with Gasteiger partial charge in [0.15, 0.2) is 5.82 Å². The lowest BCUT2D eigenvalue weighted by atomic mass is 10.1. The number of nitrogens with two attached hydrogens (primary N) is 1. The lowest BCUT2D eigenvalue weighted by molar-refractivity contribution is -0.136. The molecule has 0 saturated carbocycles. The van der Waals surface area contributed by atoms with Gasteiger partial charge in [0.25, 0.3) is 6.43 Å². The molecule has 0 radical (unpaired) electrons. The second-order valence-corrected chi connectivity index (χ2v) is 5.17. The third-order valence-corrected chi connectivity index (χ3v) is 3.59. The van der Waals surface area contributed by atoms with Crippen LogP contribution in [0.25, 0.3) is 11.4 Å². The third kappa shape index (κ3) is 3.48. The van der Waals surface area contributed by atoms with Crippen molar-refractivity contribution >= 4 is 35.0 Å². The van der Waals surface area contributed by atoms with Crippen molar-refractivity contribution in [1.82, 2.24) is 9.97 Å². The van der Waals surface area contributed by atoms with Crippen LogP contribution in [0.4, 0.5) is 19.0 Å². The summed E-state index contributed by atoms with van der Waals surface area (Å²) in [6.07, 6.45) is -3.74. The van der Waals surface area contributed by atoms with Crippen LogP contribution in [0.1, 0.15) is 17.7 Å². The summed E-state index contributed by atoms with van der Waals surface area (Å²) in [4.78, 5) is 18.3. The van der Waals surface area contributed by atoms with E-state index in [4.69, 9.17) is 34.0 Å². The first-order valence-corrected chi connectivity index (χ1v) is 6.78. The SMILES string of the molecule is Nc1nc(-c2ccc(Cl)c(C(F)F)c2F)nc(CC(=O)O)c1Cl. The molecule has 1 aromatic carbocycles. The molecule has 0 aliphatic rings. The molecule has 0 amide bonds. The van der Waals surface area contributed by atoms with Gasteiger partial charge in [-0.05, 0) is 12.1 Å². The van der Waals surface area contributed by atoms with Crippen LogP contribution in [0, 0.1) is 5.82 Å². The fourth-order valence-corrected chi connectivity index (χ4v) is 2.22. The Labute approximate surface area is 137 Å². The zero-order valence-corrected chi connectivity index (χ0v) is 12.7. The first-order valence-electron chi connectivity index (χ1n) is 6.02. The largest absolute Gasteiger partial charge is 0.481 e. The number of rotatable bonds is 4. The molecule has 0 atom stereocenters. The molecule has 0 saturated heterocycles. The van der Waals surface area contributed by atoms with Crippen molar-refractivity contribution < 1.29 is 23.1 Å². The van der Waals surface area contributed by atoms with E-state index in [1.165, 1.54) is 0 Å². The minimum Gasteiger partial charge on any atom is -0.481 e. The normalized spacial score (nSPS) is 11.0. The van der Waals surface area contributed by atoms with Gasteiger partial charge in [-0.3, -0.25) is 4.79 Å². The summed E-state index contributed by atoms with van der Waals surface area (Å²) in [7, 11) is 0. The van der Waals surface area contributed by atoms with Gasteiger partial charge in [-0.1, -0.05) is 23.2 Å². The lowest BCUT2D eigenvalue weighted by Crippen LogP contribution is -2.08. The number of hydrogen-bond acceptors (Lipinski definition) is 4. The van der Waals surface area contributed by atoms with Crippen LogP contribution >= 0.6 is 23.2 Å². The van der Waals surface area contributed by atoms with Crippen LogP contribution in [0.15, 0.2) is 12.1 Å². The Bertz CT molecular complexity index is 788. The highest BCUT2D eigenvalue weighted by Crippen LogP contribution is 2.35. The minimum atomic E-state index is -3.15. The van der Waals surface area contributed by atoms with Crippen molar-refractivity contribution in [2.24, 2.45) is 0 Å². The standard InChI is InChI=1S/C13H8Cl2F3N3O2/c14-5-2-1-4(10(16)8(5)11(17)18)13-20-6(3-7(22)23)9(15)12(19)21-13/h1-2,11H,3H2,(H,22,23)(H2,19,20,21). The fourth-order valence-electron chi connectivity index (χ4n) is 1.84. The number of carboxylic acids is 1. The maximum absolute atomic E-state index is 14.3. The Morgan fingerprint density at radius 3 is 2.52 bits per heavy atom. The average molecular weight is 366 g/mol. The van der Waals surface area contributed by atoms with Crippen molar-refractivity contribution in [3.05, 3.63) is 39.3 Å². The predicted molar refractivity (Wildman–Crippen MR) is 78.2 cm³/mol. The number of hydrogen-bond donors (Lipinski definition) is 2. The minimum absolute atomic E-state index is 0.158. The van der Waals surface area contributed by atoms with E-state index in [9.17, 15) is 18.0 Å². The number of nitrogens with zero attached hydrogens (tertiary/aromatic N) is 2. The van der Waals surface area contributed by atoms with Gasteiger partial charge in [0, 0.05) is 0 Å². The number of carboxylic acid groups (broad SMARTS) is 1. The number of nitrogen functional groups attached to an aromatic ring is 1. The maximum Gasteiger partial charge on any atom is 0.309 e. The molecule has 1 heterocycles. The fraction of sp³-hybridized carbons (Fsp3) is 0.154. The van der Waals surface area contributed by atoms with E-state index in [-0.39, 0.29) is 27.9 Å². The average Bonchev–Trinajstić information content (AvgIpc) is 2.43. The number of aliphatic carboxylic acids is 1. The Balaban J connectivity index is 2.65. The highest BCUT2D eigenvalue weighted by atomic mass is 35.5. The molecule has 5 nitrogen and oxygen atoms in total. The van der Waals surface area contributed by atoms with Gasteiger partial charge in [0.05, 0.1) is 28.3 Å². The van der Waals surface area contributed by atoms with Crippen LogP contribution in [0.2, 0.25) is 10.0 Å². The second kappa shape index (κ2) is 6.59. The van der Waals surface area contributed by atoms with Crippen LogP contribution in [0.3, 0.4) is 0 Å². The van der Waals surface area contributed by atoms with Crippen molar-refractivity contribution in [1.29, 1.82) is 0 Å². The summed E-state index contributed by atoms with van der Waals surface area (Å²) in [5.74, 6) is -3.21. The molecule has 0 spiro atoms. The summed E-state index contributed by atoms with van der Waals surface area (Å²) < 4.78 is 40.0. The first-order chi connectivity index (χ1) is 10.7. The smallest absolute Gasteiger partial charge is 0.309 e. The Kier molecular flexibility index (Phi) is 4.96. The molecule has 0 bridgehead atoms. The molecule has 10 heteroatoms. The maximum atomic E-state index is 14.3. The van der Waals surface area contributed by atoms with Crippen molar-refractivity contribution in [2.45, 2.75) is 12.8 Å². The van der Waals surface area contributed by atoms with E-state index in [2.05, 4.69) is 9.97 Å². The lowest BCUT2D eigenvalue weighted by Gasteiger charge is -2.11. The molecule has 1 aromatic heterocycles. The summed E-state index contributed by atoms with van der Waals surface area (Å²) in [6.45, 7) is 0. The highest BCUT2D eigenvalue weighted by Gasteiger charge is 2.23. The quantitative estimate of drug-likeness (QED) is 0.861. The van der Waals surface area contributed by atoms with Gasteiger partial charge < -0.3 is 10.8 Å². The molecule has 2 rings (SSSR count). The topological polar surface area (TPSA) is 89.1 Å². The summed E-state index contributed by atoms with van der Waals surface area (Å²) in [5, 5.41) is 8.16. The molecule has 23 heavy (non-hydrogen) atoms. The van der Waals surface area contributed by atoms with E-state index >= 15 is 0 Å². The summed E-state index contributed by atoms with van der Waals surface area (Å²) in [6, 6.07) is 2.16. The molecule has 2 aromatic rings. The highest BCUT2D eigenvalue weighted by molar-refractivity contribution is 6.33. The van der Waals surface area contributed by atoms with Crippen LogP contribution in [-0.4, -0.2) is 21.0 Å². The van der Waals surface area contributed by atoms with Gasteiger partial charge in [-0.15, -0.1) is 0 Å². The van der Waals surface area contributed by atoms with Gasteiger partial charge in [0.1, 0.15) is 16.7 Å². The Hall–Kier alpha value is -2.06. The van der Waals surface area contributed by atoms with E-state index in [0.29, 0.717) is 0 Å². The summed E-state index contributed by atoms with van der Waals surface area (Å²) in [5.41, 5.74) is 3.99. The number of anilines is 1. The van der Waals surface area contributed by atoms with E-state index in [1.54, 1.807) is 0 Å². The molecule has 0 unspecified atom stereocenters. The van der Waals surface area contributed by atoms with E-state index in [0.717, 1.165) is 12.1 Å². The zero-order valence-electron chi connectivity index (χ0n) is 11.2. The van der Waals surface area contributed by atoms with E-state index in [1.807, 2.05) is 0 Å². The first kappa shape index (κ1) is 17.3. The number of halogens is 5. The van der Waals surface area contributed by atoms with Gasteiger partial charge in [-0.25, -0.2) is 23.1 Å². The van der Waals surface area contributed by atoms with Crippen molar-refractivity contribution in [2.75, 3.05) is 5.73 Å². The molecule has 0 fully saturated rings. The van der Waals surface area contributed by atoms with Crippen molar-refractivity contribution in [3.8, 4) is 11.4 Å². The number of alkyl halides is 2. The number of carbonyl (C=O) groups is 1. The van der Waals surface area contributed by atoms with Crippen LogP contribution in [-0.2, 0) is 11.2 Å². The van der Waals surface area contributed by atoms with E-state index < -0.39 is 35.2 Å². The third-order valence-electron chi connectivity index (χ3n) is 2.85. The van der Waals surface area contributed by atoms with Gasteiger partial charge in [-0.2, -0.15) is 0 Å². The van der Waals surface area contributed by atoms with Crippen LogP contribution in [0.5, 0.6) is 0 Å². The molecular formula is C13H8Cl2F3N3O2. The zero-order chi connectivity index (χ0) is 17.3. The molecule has 0 aliphatic heterocycles. The number of aromatic nitrogens is 2. The monoisotopic (exact) mass is 365 g/mol. The molecule has 3 N–H and O–H groups in total. The van der Waals surface area contributed by atoms with Gasteiger partial charge in [0.2, 0.25) is 0 Å². The van der Waals surface area contributed by atoms with Crippen molar-refractivity contribution in [3.63, 3.8) is 0 Å². The Morgan fingerprint density at radius 1 is 1.30 bits per heavy atom. The molecule has 122 valence electrons. The van der Waals surface area contributed by atoms with Crippen LogP contribution < -0.4 is 5.73 Å². The number of benzene rings is 1. The predicted octanol–water partition coefficient (Wildman–Crippen LogP) is 3.74. The summed E-state index contributed by atoms with van der Waals surface area (Å²) >= 11 is 11.4. The second-order valence-electron chi connectivity index (χ2n) is 4.39. The Morgan fingerprint density at radius 2 is 1.96 bits per heavy atom. The molecular weight excluding hydrogens is 358 g/mol. The molecule has 0 aliphatic carbocycles. The van der Waals surface area contributed by atoms with Gasteiger partial charge >= 0.3 is 5.97 Å².